The first-order valence-corrected chi connectivity index (χ1v) is 8.56. The van der Waals surface area contributed by atoms with Crippen molar-refractivity contribution in [2.24, 2.45) is 5.92 Å². The third-order valence-corrected chi connectivity index (χ3v) is 4.97. The Bertz CT molecular complexity index is 511. The average Bonchev–Trinajstić information content (AvgIpc) is 3.13. The molecule has 2 unspecified atom stereocenters. The SMILES string of the molecule is CC1Cc2ccccc2N1CCNC(=O)CCC1CCNC1. The number of hydrogen-bond acceptors (Lipinski definition) is 3. The van der Waals surface area contributed by atoms with E-state index in [1.165, 1.54) is 17.7 Å². The minimum Gasteiger partial charge on any atom is -0.367 e. The molecule has 2 aliphatic rings. The minimum absolute atomic E-state index is 0.201. The van der Waals surface area contributed by atoms with Gasteiger partial charge in [0, 0.05) is 31.2 Å². The zero-order chi connectivity index (χ0) is 15.4. The lowest BCUT2D eigenvalue weighted by molar-refractivity contribution is -0.121. The van der Waals surface area contributed by atoms with Gasteiger partial charge < -0.3 is 15.5 Å². The van der Waals surface area contributed by atoms with Crippen LogP contribution in [0.2, 0.25) is 0 Å². The summed E-state index contributed by atoms with van der Waals surface area (Å²) in [7, 11) is 0. The molecule has 0 bridgehead atoms. The number of nitrogens with zero attached hydrogens (tertiary/aromatic N) is 1. The van der Waals surface area contributed by atoms with E-state index in [2.05, 4.69) is 46.7 Å². The van der Waals surface area contributed by atoms with Gasteiger partial charge in [0.05, 0.1) is 0 Å². The van der Waals surface area contributed by atoms with Crippen LogP contribution in [0.25, 0.3) is 0 Å². The highest BCUT2D eigenvalue weighted by Gasteiger charge is 2.24. The largest absolute Gasteiger partial charge is 0.367 e. The molecule has 22 heavy (non-hydrogen) atoms. The van der Waals surface area contributed by atoms with Gasteiger partial charge in [-0.1, -0.05) is 18.2 Å². The van der Waals surface area contributed by atoms with Gasteiger partial charge in [-0.2, -0.15) is 0 Å². The molecule has 2 atom stereocenters. The van der Waals surface area contributed by atoms with Gasteiger partial charge in [-0.15, -0.1) is 0 Å². The van der Waals surface area contributed by atoms with Gasteiger partial charge in [-0.05, 0) is 56.8 Å². The van der Waals surface area contributed by atoms with E-state index in [4.69, 9.17) is 0 Å². The molecule has 0 spiro atoms. The van der Waals surface area contributed by atoms with Gasteiger partial charge in [0.25, 0.3) is 0 Å². The zero-order valence-corrected chi connectivity index (χ0v) is 13.5. The Kier molecular flexibility index (Phi) is 4.98. The second kappa shape index (κ2) is 7.14. The summed E-state index contributed by atoms with van der Waals surface area (Å²) in [5.74, 6) is 0.892. The molecule has 3 rings (SSSR count). The summed E-state index contributed by atoms with van der Waals surface area (Å²) in [5.41, 5.74) is 2.76. The highest BCUT2D eigenvalue weighted by molar-refractivity contribution is 5.75. The fraction of sp³-hybridized carbons (Fsp3) is 0.611. The molecule has 1 saturated heterocycles. The number of nitrogens with one attached hydrogen (secondary N) is 2. The molecule has 1 aromatic rings. The van der Waals surface area contributed by atoms with E-state index in [9.17, 15) is 4.79 Å². The van der Waals surface area contributed by atoms with E-state index in [-0.39, 0.29) is 5.91 Å². The van der Waals surface area contributed by atoms with Crippen molar-refractivity contribution in [2.75, 3.05) is 31.1 Å². The third-order valence-electron chi connectivity index (χ3n) is 4.97. The van der Waals surface area contributed by atoms with Crippen LogP contribution in [0.3, 0.4) is 0 Å². The summed E-state index contributed by atoms with van der Waals surface area (Å²) >= 11 is 0. The van der Waals surface area contributed by atoms with Crippen molar-refractivity contribution in [1.29, 1.82) is 0 Å². The molecule has 0 aliphatic carbocycles. The molecule has 0 saturated carbocycles. The molecule has 4 nitrogen and oxygen atoms in total. The van der Waals surface area contributed by atoms with Crippen molar-refractivity contribution >= 4 is 11.6 Å². The second-order valence-corrected chi connectivity index (χ2v) is 6.62. The minimum atomic E-state index is 0.201. The summed E-state index contributed by atoms with van der Waals surface area (Å²) in [6, 6.07) is 9.12. The molecule has 1 aromatic carbocycles. The summed E-state index contributed by atoms with van der Waals surface area (Å²) in [4.78, 5) is 14.4. The lowest BCUT2D eigenvalue weighted by atomic mass is 10.0. The first-order chi connectivity index (χ1) is 10.7. The first kappa shape index (κ1) is 15.3. The molecule has 0 aromatic heterocycles. The number of rotatable bonds is 6. The molecule has 2 aliphatic heterocycles. The monoisotopic (exact) mass is 301 g/mol. The molecular weight excluding hydrogens is 274 g/mol. The first-order valence-electron chi connectivity index (χ1n) is 8.56. The molecule has 2 N–H and O–H groups in total. The molecule has 1 fully saturated rings. The molecule has 0 radical (unpaired) electrons. The Hall–Kier alpha value is -1.55. The Balaban J connectivity index is 1.40. The van der Waals surface area contributed by atoms with Crippen molar-refractivity contribution in [3.05, 3.63) is 29.8 Å². The lowest BCUT2D eigenvalue weighted by Gasteiger charge is -2.25. The maximum Gasteiger partial charge on any atom is 0.220 e. The maximum atomic E-state index is 12.0. The van der Waals surface area contributed by atoms with Crippen LogP contribution in [-0.2, 0) is 11.2 Å². The number of hydrogen-bond donors (Lipinski definition) is 2. The fourth-order valence-electron chi connectivity index (χ4n) is 3.67. The van der Waals surface area contributed by atoms with Crippen LogP contribution in [0.15, 0.2) is 24.3 Å². The van der Waals surface area contributed by atoms with Gasteiger partial charge >= 0.3 is 0 Å². The smallest absolute Gasteiger partial charge is 0.220 e. The molecule has 1 amide bonds. The molecule has 4 heteroatoms. The fourth-order valence-corrected chi connectivity index (χ4v) is 3.67. The van der Waals surface area contributed by atoms with E-state index in [0.717, 1.165) is 39.0 Å². The Labute approximate surface area is 133 Å². The topological polar surface area (TPSA) is 44.4 Å². The second-order valence-electron chi connectivity index (χ2n) is 6.62. The Morgan fingerprint density at radius 1 is 1.41 bits per heavy atom. The Morgan fingerprint density at radius 2 is 2.27 bits per heavy atom. The highest BCUT2D eigenvalue weighted by atomic mass is 16.1. The van der Waals surface area contributed by atoms with Crippen LogP contribution in [0.1, 0.15) is 31.7 Å². The van der Waals surface area contributed by atoms with Gasteiger partial charge in [-0.25, -0.2) is 0 Å². The van der Waals surface area contributed by atoms with Gasteiger partial charge in [0.2, 0.25) is 5.91 Å². The molecule has 120 valence electrons. The maximum absolute atomic E-state index is 12.0. The van der Waals surface area contributed by atoms with Crippen molar-refractivity contribution in [3.8, 4) is 0 Å². The predicted octanol–water partition coefficient (Wildman–Crippen LogP) is 1.94. The number of para-hydroxylation sites is 1. The summed E-state index contributed by atoms with van der Waals surface area (Å²) in [5, 5.41) is 6.44. The normalized spacial score (nSPS) is 23.6. The molecular formula is C18H27N3O. The number of carbonyl (C=O) groups is 1. The predicted molar refractivity (Wildman–Crippen MR) is 90.2 cm³/mol. The van der Waals surface area contributed by atoms with E-state index in [1.807, 2.05) is 0 Å². The van der Waals surface area contributed by atoms with E-state index in [0.29, 0.717) is 18.4 Å². The summed E-state index contributed by atoms with van der Waals surface area (Å²) in [6.45, 7) is 6.08. The highest BCUT2D eigenvalue weighted by Crippen LogP contribution is 2.31. The quantitative estimate of drug-likeness (QED) is 0.844. The number of carbonyl (C=O) groups excluding carboxylic acids is 1. The summed E-state index contributed by atoms with van der Waals surface area (Å²) < 4.78 is 0. The number of anilines is 1. The van der Waals surface area contributed by atoms with Gasteiger partial charge in [0.1, 0.15) is 0 Å². The van der Waals surface area contributed by atoms with Crippen LogP contribution in [0.4, 0.5) is 5.69 Å². The zero-order valence-electron chi connectivity index (χ0n) is 13.5. The number of benzene rings is 1. The van der Waals surface area contributed by atoms with Crippen molar-refractivity contribution in [2.45, 2.75) is 38.6 Å². The van der Waals surface area contributed by atoms with Gasteiger partial charge in [-0.3, -0.25) is 4.79 Å². The van der Waals surface area contributed by atoms with Crippen molar-refractivity contribution in [3.63, 3.8) is 0 Å². The van der Waals surface area contributed by atoms with E-state index >= 15 is 0 Å². The Morgan fingerprint density at radius 3 is 3.09 bits per heavy atom. The van der Waals surface area contributed by atoms with Crippen LogP contribution >= 0.6 is 0 Å². The van der Waals surface area contributed by atoms with Crippen LogP contribution in [0, 0.1) is 5.92 Å². The number of amides is 1. The molecule has 2 heterocycles. The van der Waals surface area contributed by atoms with Gasteiger partial charge in [0.15, 0.2) is 0 Å². The van der Waals surface area contributed by atoms with Crippen molar-refractivity contribution < 1.29 is 4.79 Å². The lowest BCUT2D eigenvalue weighted by Crippen LogP contribution is -2.37. The average molecular weight is 301 g/mol. The van der Waals surface area contributed by atoms with Crippen molar-refractivity contribution in [1.82, 2.24) is 10.6 Å². The van der Waals surface area contributed by atoms with Crippen LogP contribution in [0.5, 0.6) is 0 Å². The third kappa shape index (κ3) is 3.61. The summed E-state index contributed by atoms with van der Waals surface area (Å²) in [6.07, 6.45) is 4.01. The van der Waals surface area contributed by atoms with E-state index < -0.39 is 0 Å². The van der Waals surface area contributed by atoms with Crippen LogP contribution in [-0.4, -0.2) is 38.1 Å². The number of fused-ring (bicyclic) bond motifs is 1. The van der Waals surface area contributed by atoms with Crippen LogP contribution < -0.4 is 15.5 Å². The standard InChI is InChI=1S/C18H27N3O/c1-14-12-16-4-2-3-5-17(16)21(14)11-10-20-18(22)7-6-15-8-9-19-13-15/h2-5,14-15,19H,6-13H2,1H3,(H,20,22). The van der Waals surface area contributed by atoms with E-state index in [1.54, 1.807) is 0 Å².